The summed E-state index contributed by atoms with van der Waals surface area (Å²) in [5.41, 5.74) is 0. The van der Waals surface area contributed by atoms with Gasteiger partial charge in [0.15, 0.2) is 0 Å². The molecule has 1 rings (SSSR count). The quantitative estimate of drug-likeness (QED) is 0.436. The van der Waals surface area contributed by atoms with Crippen molar-refractivity contribution in [2.75, 3.05) is 0 Å². The molecule has 0 N–H and O–H groups in total. The van der Waals surface area contributed by atoms with Crippen LogP contribution in [0.1, 0.15) is 51.4 Å². The lowest BCUT2D eigenvalue weighted by Crippen LogP contribution is -1.99. The molecule has 0 radical (unpaired) electrons. The Labute approximate surface area is 85.1 Å². The Hall–Kier alpha value is -1.10. The van der Waals surface area contributed by atoms with Gasteiger partial charge in [-0.1, -0.05) is 25.7 Å². The van der Waals surface area contributed by atoms with Gasteiger partial charge in [0.1, 0.15) is 0 Å². The van der Waals surface area contributed by atoms with Crippen molar-refractivity contribution in [1.82, 2.24) is 0 Å². The molecule has 0 fully saturated rings. The summed E-state index contributed by atoms with van der Waals surface area (Å²) in [5, 5.41) is 0. The fourth-order valence-corrected chi connectivity index (χ4v) is 1.54. The van der Waals surface area contributed by atoms with Crippen molar-refractivity contribution >= 4 is 11.6 Å². The maximum Gasteiger partial charge on any atom is 0.205 e. The van der Waals surface area contributed by atoms with Crippen LogP contribution in [0.15, 0.2) is 0 Å². The number of hydrogen-bond donors (Lipinski definition) is 0. The van der Waals surface area contributed by atoms with Gasteiger partial charge < -0.3 is 0 Å². The van der Waals surface area contributed by atoms with Crippen molar-refractivity contribution in [2.45, 2.75) is 51.4 Å². The third kappa shape index (κ3) is 4.81. The lowest BCUT2D eigenvalue weighted by Gasteiger charge is -2.00. The largest absolute Gasteiger partial charge is 0.285 e. The van der Waals surface area contributed by atoms with Gasteiger partial charge in [0.25, 0.3) is 0 Å². The van der Waals surface area contributed by atoms with Crippen molar-refractivity contribution in [3.63, 3.8) is 0 Å². The molecule has 0 bridgehead atoms. The molecule has 1 aliphatic rings. The molecular weight excluding hydrogens is 176 g/mol. The average molecular weight is 192 g/mol. The van der Waals surface area contributed by atoms with E-state index in [4.69, 9.17) is 0 Å². The molecule has 0 aromatic rings. The molecule has 0 spiro atoms. The zero-order chi connectivity index (χ0) is 10.2. The number of Topliss-reactive ketones (excluding diaryl/α,β-unsaturated/α-hetero) is 2. The normalized spacial score (nSPS) is 20.3. The highest BCUT2D eigenvalue weighted by molar-refractivity contribution is 6.04. The van der Waals surface area contributed by atoms with Crippen molar-refractivity contribution in [3.8, 4) is 11.8 Å². The van der Waals surface area contributed by atoms with Gasteiger partial charge in [-0.3, -0.25) is 9.59 Å². The molecule has 0 saturated heterocycles. The SMILES string of the molecule is O=C1C#CC(=O)CCCCCCCC1. The van der Waals surface area contributed by atoms with E-state index in [1.54, 1.807) is 0 Å². The van der Waals surface area contributed by atoms with Gasteiger partial charge in [-0.15, -0.1) is 0 Å². The van der Waals surface area contributed by atoms with Crippen LogP contribution < -0.4 is 0 Å². The maximum absolute atomic E-state index is 11.1. The topological polar surface area (TPSA) is 34.1 Å². The summed E-state index contributed by atoms with van der Waals surface area (Å²) < 4.78 is 0. The van der Waals surface area contributed by atoms with Gasteiger partial charge in [0.2, 0.25) is 11.6 Å². The predicted molar refractivity (Wildman–Crippen MR) is 54.7 cm³/mol. The lowest BCUT2D eigenvalue weighted by molar-refractivity contribution is -0.115. The van der Waals surface area contributed by atoms with E-state index in [1.807, 2.05) is 0 Å². The first-order chi connectivity index (χ1) is 6.79. The Morgan fingerprint density at radius 3 is 1.43 bits per heavy atom. The molecular formula is C12H16O2. The molecule has 0 amide bonds. The highest BCUT2D eigenvalue weighted by Crippen LogP contribution is 2.09. The first kappa shape index (κ1) is 11.0. The summed E-state index contributed by atoms with van der Waals surface area (Å²) in [4.78, 5) is 22.2. The molecule has 0 atom stereocenters. The van der Waals surface area contributed by atoms with Crippen molar-refractivity contribution < 1.29 is 9.59 Å². The number of hydrogen-bond acceptors (Lipinski definition) is 2. The first-order valence-corrected chi connectivity index (χ1v) is 5.37. The summed E-state index contributed by atoms with van der Waals surface area (Å²) in [6.07, 6.45) is 7.44. The number of ketones is 2. The maximum atomic E-state index is 11.1. The molecule has 2 nitrogen and oxygen atoms in total. The fourth-order valence-electron chi connectivity index (χ4n) is 1.54. The zero-order valence-electron chi connectivity index (χ0n) is 8.47. The molecule has 0 aromatic carbocycles. The Balaban J connectivity index is 2.47. The highest BCUT2D eigenvalue weighted by Gasteiger charge is 2.02. The lowest BCUT2D eigenvalue weighted by atomic mass is 10.0. The minimum atomic E-state index is -0.0843. The second-order valence-corrected chi connectivity index (χ2v) is 3.72. The standard InChI is InChI=1S/C12H16O2/c13-11-7-5-3-1-2-4-6-8-12(14)10-9-11/h1-8H2. The molecule has 0 aromatic heterocycles. The van der Waals surface area contributed by atoms with E-state index < -0.39 is 0 Å². The Kier molecular flexibility index (Phi) is 4.99. The second-order valence-electron chi connectivity index (χ2n) is 3.72. The third-order valence-corrected chi connectivity index (χ3v) is 2.40. The summed E-state index contributed by atoms with van der Waals surface area (Å²) in [6, 6.07) is 0. The third-order valence-electron chi connectivity index (χ3n) is 2.40. The van der Waals surface area contributed by atoms with Crippen LogP contribution in [0.2, 0.25) is 0 Å². The van der Waals surface area contributed by atoms with Gasteiger partial charge >= 0.3 is 0 Å². The van der Waals surface area contributed by atoms with Crippen LogP contribution in [0, 0.1) is 11.8 Å². The summed E-state index contributed by atoms with van der Waals surface area (Å²) >= 11 is 0. The van der Waals surface area contributed by atoms with Crippen molar-refractivity contribution in [1.29, 1.82) is 0 Å². The van der Waals surface area contributed by atoms with E-state index in [0.717, 1.165) is 25.7 Å². The van der Waals surface area contributed by atoms with Crippen LogP contribution in [0.5, 0.6) is 0 Å². The molecule has 2 heteroatoms. The van der Waals surface area contributed by atoms with Crippen LogP contribution in [0.25, 0.3) is 0 Å². The molecule has 1 aliphatic carbocycles. The van der Waals surface area contributed by atoms with E-state index >= 15 is 0 Å². The van der Waals surface area contributed by atoms with E-state index in [1.165, 1.54) is 12.8 Å². The van der Waals surface area contributed by atoms with Crippen LogP contribution in [-0.2, 0) is 9.59 Å². The van der Waals surface area contributed by atoms with Crippen LogP contribution in [0.3, 0.4) is 0 Å². The molecule has 76 valence electrons. The molecule has 0 aliphatic heterocycles. The molecule has 14 heavy (non-hydrogen) atoms. The molecule has 0 heterocycles. The van der Waals surface area contributed by atoms with E-state index in [2.05, 4.69) is 11.8 Å². The van der Waals surface area contributed by atoms with Crippen molar-refractivity contribution in [2.24, 2.45) is 0 Å². The smallest absolute Gasteiger partial charge is 0.205 e. The summed E-state index contributed by atoms with van der Waals surface area (Å²) in [7, 11) is 0. The fraction of sp³-hybridized carbons (Fsp3) is 0.667. The number of rotatable bonds is 0. The van der Waals surface area contributed by atoms with E-state index in [-0.39, 0.29) is 11.6 Å². The van der Waals surface area contributed by atoms with Crippen molar-refractivity contribution in [3.05, 3.63) is 0 Å². The van der Waals surface area contributed by atoms with Gasteiger partial charge in [-0.2, -0.15) is 0 Å². The summed E-state index contributed by atoms with van der Waals surface area (Å²) in [6.45, 7) is 0. The number of carbonyl (C=O) groups excluding carboxylic acids is 2. The zero-order valence-corrected chi connectivity index (χ0v) is 8.47. The Morgan fingerprint density at radius 1 is 0.643 bits per heavy atom. The Morgan fingerprint density at radius 2 is 1.00 bits per heavy atom. The van der Waals surface area contributed by atoms with Crippen LogP contribution >= 0.6 is 0 Å². The first-order valence-electron chi connectivity index (χ1n) is 5.37. The second kappa shape index (κ2) is 6.37. The summed E-state index contributed by atoms with van der Waals surface area (Å²) in [5.74, 6) is 4.65. The monoisotopic (exact) mass is 192 g/mol. The van der Waals surface area contributed by atoms with Gasteiger partial charge in [0, 0.05) is 12.8 Å². The highest BCUT2D eigenvalue weighted by atomic mass is 16.1. The van der Waals surface area contributed by atoms with Crippen LogP contribution in [0.4, 0.5) is 0 Å². The minimum Gasteiger partial charge on any atom is -0.285 e. The van der Waals surface area contributed by atoms with E-state index in [0.29, 0.717) is 12.8 Å². The van der Waals surface area contributed by atoms with Gasteiger partial charge in [-0.25, -0.2) is 0 Å². The predicted octanol–water partition coefficient (Wildman–Crippen LogP) is 2.26. The average Bonchev–Trinajstić information content (AvgIpc) is 2.17. The van der Waals surface area contributed by atoms with E-state index in [9.17, 15) is 9.59 Å². The Bertz CT molecular complexity index is 242. The van der Waals surface area contributed by atoms with Gasteiger partial charge in [0.05, 0.1) is 0 Å². The number of carbonyl (C=O) groups is 2. The minimum absolute atomic E-state index is 0.0843. The van der Waals surface area contributed by atoms with Gasteiger partial charge in [-0.05, 0) is 24.7 Å². The van der Waals surface area contributed by atoms with Crippen LogP contribution in [-0.4, -0.2) is 11.6 Å². The molecule has 0 saturated carbocycles. The molecule has 0 unspecified atom stereocenters.